The molecule has 1 saturated heterocycles. The van der Waals surface area contributed by atoms with Gasteiger partial charge in [-0.2, -0.15) is 0 Å². The molecule has 2 rings (SSSR count). The predicted molar refractivity (Wildman–Crippen MR) is 53.1 cm³/mol. The average Bonchev–Trinajstić information content (AvgIpc) is 2.70. The summed E-state index contributed by atoms with van der Waals surface area (Å²) in [7, 11) is 0. The lowest BCUT2D eigenvalue weighted by Crippen LogP contribution is -2.41. The van der Waals surface area contributed by atoms with E-state index in [0.29, 0.717) is 11.8 Å². The Kier molecular flexibility index (Phi) is 2.57. The van der Waals surface area contributed by atoms with E-state index in [1.54, 1.807) is 18.4 Å². The van der Waals surface area contributed by atoms with Gasteiger partial charge in [-0.05, 0) is 38.3 Å². The molecule has 3 heteroatoms. The van der Waals surface area contributed by atoms with Crippen molar-refractivity contribution in [1.82, 2.24) is 4.90 Å². The smallest absolute Gasteiger partial charge is 0.289 e. The van der Waals surface area contributed by atoms with Crippen LogP contribution in [0, 0.1) is 0 Å². The molecule has 1 aromatic rings. The van der Waals surface area contributed by atoms with Crippen LogP contribution in [-0.2, 0) is 0 Å². The van der Waals surface area contributed by atoms with Crippen LogP contribution >= 0.6 is 0 Å². The molecule has 1 aliphatic rings. The first kappa shape index (κ1) is 9.31. The molecule has 0 radical (unpaired) electrons. The fraction of sp³-hybridized carbons (Fsp3) is 0.545. The molecule has 3 nitrogen and oxygen atoms in total. The number of piperidine rings is 1. The maximum atomic E-state index is 11.9. The Morgan fingerprint density at radius 1 is 1.57 bits per heavy atom. The molecule has 0 aromatic carbocycles. The predicted octanol–water partition coefficient (Wildman–Crippen LogP) is 2.29. The molecule has 0 unspecified atom stereocenters. The van der Waals surface area contributed by atoms with Crippen LogP contribution in [0.25, 0.3) is 0 Å². The molecule has 1 fully saturated rings. The van der Waals surface area contributed by atoms with Gasteiger partial charge in [-0.15, -0.1) is 0 Å². The first-order chi connectivity index (χ1) is 6.79. The minimum Gasteiger partial charge on any atom is -0.459 e. The van der Waals surface area contributed by atoms with Crippen LogP contribution in [0.4, 0.5) is 0 Å². The van der Waals surface area contributed by atoms with Gasteiger partial charge in [-0.1, -0.05) is 0 Å². The Morgan fingerprint density at radius 3 is 3.07 bits per heavy atom. The Bertz CT molecular complexity index is 305. The van der Waals surface area contributed by atoms with E-state index in [0.717, 1.165) is 19.4 Å². The second kappa shape index (κ2) is 3.86. The summed E-state index contributed by atoms with van der Waals surface area (Å²) in [5.74, 6) is 0.487. The molecule has 0 aliphatic carbocycles. The van der Waals surface area contributed by atoms with Gasteiger partial charge in [0.05, 0.1) is 6.26 Å². The van der Waals surface area contributed by atoms with E-state index in [1.165, 1.54) is 6.42 Å². The summed E-state index contributed by atoms with van der Waals surface area (Å²) in [6.07, 6.45) is 4.98. The van der Waals surface area contributed by atoms with Gasteiger partial charge in [0.2, 0.25) is 0 Å². The third kappa shape index (κ3) is 1.67. The van der Waals surface area contributed by atoms with E-state index in [4.69, 9.17) is 4.42 Å². The van der Waals surface area contributed by atoms with Gasteiger partial charge in [0.15, 0.2) is 5.76 Å². The maximum Gasteiger partial charge on any atom is 0.289 e. The fourth-order valence-electron chi connectivity index (χ4n) is 1.94. The molecule has 14 heavy (non-hydrogen) atoms. The van der Waals surface area contributed by atoms with Crippen LogP contribution in [0.3, 0.4) is 0 Å². The number of nitrogens with zero attached hydrogens (tertiary/aromatic N) is 1. The van der Waals surface area contributed by atoms with Gasteiger partial charge in [-0.3, -0.25) is 4.79 Å². The second-order valence-electron chi connectivity index (χ2n) is 3.82. The number of amides is 1. The quantitative estimate of drug-likeness (QED) is 0.685. The number of carbonyl (C=O) groups is 1. The number of hydrogen-bond acceptors (Lipinski definition) is 2. The van der Waals surface area contributed by atoms with Crippen LogP contribution < -0.4 is 0 Å². The van der Waals surface area contributed by atoms with Crippen molar-refractivity contribution < 1.29 is 9.21 Å². The van der Waals surface area contributed by atoms with E-state index in [9.17, 15) is 4.79 Å². The van der Waals surface area contributed by atoms with E-state index >= 15 is 0 Å². The highest BCUT2D eigenvalue weighted by molar-refractivity contribution is 5.91. The second-order valence-corrected chi connectivity index (χ2v) is 3.82. The zero-order valence-electron chi connectivity index (χ0n) is 8.40. The SMILES string of the molecule is C[C@@H]1CCCCN1C(=O)c1ccco1. The van der Waals surface area contributed by atoms with Crippen LogP contribution in [0.5, 0.6) is 0 Å². The standard InChI is InChI=1S/C11H15NO2/c1-9-5-2-3-7-12(9)11(13)10-6-4-8-14-10/h4,6,8-9H,2-3,5,7H2,1H3/t9-/m1/s1. The minimum atomic E-state index is 0.0298. The normalized spacial score (nSPS) is 22.4. The number of hydrogen-bond donors (Lipinski definition) is 0. The van der Waals surface area contributed by atoms with Gasteiger partial charge in [0.25, 0.3) is 5.91 Å². The monoisotopic (exact) mass is 193 g/mol. The van der Waals surface area contributed by atoms with Crippen molar-refractivity contribution in [3.05, 3.63) is 24.2 Å². The summed E-state index contributed by atoms with van der Waals surface area (Å²) in [6.45, 7) is 2.96. The lowest BCUT2D eigenvalue weighted by atomic mass is 10.0. The van der Waals surface area contributed by atoms with Crippen LogP contribution in [0.15, 0.2) is 22.8 Å². The first-order valence-electron chi connectivity index (χ1n) is 5.13. The van der Waals surface area contributed by atoms with E-state index in [2.05, 4.69) is 6.92 Å². The van der Waals surface area contributed by atoms with Crippen LogP contribution in [0.2, 0.25) is 0 Å². The van der Waals surface area contributed by atoms with E-state index in [1.807, 2.05) is 4.90 Å². The highest BCUT2D eigenvalue weighted by atomic mass is 16.3. The lowest BCUT2D eigenvalue weighted by Gasteiger charge is -2.32. The summed E-state index contributed by atoms with van der Waals surface area (Å²) < 4.78 is 5.11. The summed E-state index contributed by atoms with van der Waals surface area (Å²) in [5, 5.41) is 0. The summed E-state index contributed by atoms with van der Waals surface area (Å²) >= 11 is 0. The van der Waals surface area contributed by atoms with Crippen molar-refractivity contribution in [3.63, 3.8) is 0 Å². The van der Waals surface area contributed by atoms with Crippen molar-refractivity contribution in [2.45, 2.75) is 32.2 Å². The first-order valence-corrected chi connectivity index (χ1v) is 5.13. The number of furan rings is 1. The molecule has 0 bridgehead atoms. The molecule has 1 atom stereocenters. The molecule has 1 aliphatic heterocycles. The summed E-state index contributed by atoms with van der Waals surface area (Å²) in [5.41, 5.74) is 0. The number of rotatable bonds is 1. The zero-order valence-corrected chi connectivity index (χ0v) is 8.40. The Morgan fingerprint density at radius 2 is 2.43 bits per heavy atom. The van der Waals surface area contributed by atoms with Gasteiger partial charge >= 0.3 is 0 Å². The molecule has 0 saturated carbocycles. The third-order valence-electron chi connectivity index (χ3n) is 2.80. The Balaban J connectivity index is 2.10. The lowest BCUT2D eigenvalue weighted by molar-refractivity contribution is 0.0603. The van der Waals surface area contributed by atoms with Crippen molar-refractivity contribution in [2.24, 2.45) is 0 Å². The van der Waals surface area contributed by atoms with Crippen molar-refractivity contribution in [2.75, 3.05) is 6.54 Å². The summed E-state index contributed by atoms with van der Waals surface area (Å²) in [6, 6.07) is 3.83. The molecule has 2 heterocycles. The van der Waals surface area contributed by atoms with Crippen molar-refractivity contribution >= 4 is 5.91 Å². The van der Waals surface area contributed by atoms with Crippen LogP contribution in [-0.4, -0.2) is 23.4 Å². The summed E-state index contributed by atoms with van der Waals surface area (Å²) in [4.78, 5) is 13.8. The highest BCUT2D eigenvalue weighted by Gasteiger charge is 2.25. The highest BCUT2D eigenvalue weighted by Crippen LogP contribution is 2.19. The topological polar surface area (TPSA) is 33.5 Å². The maximum absolute atomic E-state index is 11.9. The Labute approximate surface area is 83.7 Å². The Hall–Kier alpha value is -1.25. The largest absolute Gasteiger partial charge is 0.459 e. The van der Waals surface area contributed by atoms with E-state index in [-0.39, 0.29) is 5.91 Å². The zero-order chi connectivity index (χ0) is 9.97. The van der Waals surface area contributed by atoms with E-state index < -0.39 is 0 Å². The molecular weight excluding hydrogens is 178 g/mol. The fourth-order valence-corrected chi connectivity index (χ4v) is 1.94. The van der Waals surface area contributed by atoms with Gasteiger partial charge < -0.3 is 9.32 Å². The molecule has 0 N–H and O–H groups in total. The third-order valence-corrected chi connectivity index (χ3v) is 2.80. The van der Waals surface area contributed by atoms with Gasteiger partial charge in [0, 0.05) is 12.6 Å². The number of carbonyl (C=O) groups excluding carboxylic acids is 1. The number of likely N-dealkylation sites (tertiary alicyclic amines) is 1. The van der Waals surface area contributed by atoms with Crippen molar-refractivity contribution in [3.8, 4) is 0 Å². The van der Waals surface area contributed by atoms with Crippen molar-refractivity contribution in [1.29, 1.82) is 0 Å². The molecule has 0 spiro atoms. The molecule has 76 valence electrons. The molecular formula is C11H15NO2. The minimum absolute atomic E-state index is 0.0298. The van der Waals surface area contributed by atoms with Gasteiger partial charge in [0.1, 0.15) is 0 Å². The van der Waals surface area contributed by atoms with Crippen LogP contribution in [0.1, 0.15) is 36.7 Å². The van der Waals surface area contributed by atoms with Gasteiger partial charge in [-0.25, -0.2) is 0 Å². The average molecular weight is 193 g/mol. The molecule has 1 amide bonds. The molecule has 1 aromatic heterocycles.